The highest BCUT2D eigenvalue weighted by atomic mass is 16.5. The molecule has 1 aliphatic rings. The second kappa shape index (κ2) is 9.74. The molecule has 35 heavy (non-hydrogen) atoms. The van der Waals surface area contributed by atoms with Crippen LogP contribution in [0.15, 0.2) is 67.5 Å². The highest BCUT2D eigenvalue weighted by Gasteiger charge is 2.18. The Labute approximate surface area is 201 Å². The van der Waals surface area contributed by atoms with Crippen LogP contribution in [0.3, 0.4) is 0 Å². The monoisotopic (exact) mass is 468 g/mol. The number of aromatic nitrogens is 4. The van der Waals surface area contributed by atoms with Crippen LogP contribution in [0.5, 0.6) is 5.88 Å². The Morgan fingerprint density at radius 1 is 1.11 bits per heavy atom. The minimum absolute atomic E-state index is 0.317. The van der Waals surface area contributed by atoms with E-state index in [1.807, 2.05) is 30.3 Å². The fourth-order valence-corrected chi connectivity index (χ4v) is 3.70. The van der Waals surface area contributed by atoms with E-state index in [-0.39, 0.29) is 5.91 Å². The predicted molar refractivity (Wildman–Crippen MR) is 136 cm³/mol. The zero-order chi connectivity index (χ0) is 24.2. The first-order valence-electron chi connectivity index (χ1n) is 11.1. The molecule has 1 fully saturated rings. The van der Waals surface area contributed by atoms with Crippen LogP contribution in [-0.2, 0) is 4.79 Å². The molecule has 0 atom stereocenters. The molecule has 4 heterocycles. The minimum Gasteiger partial charge on any atom is -0.479 e. The molecule has 10 nitrogen and oxygen atoms in total. The van der Waals surface area contributed by atoms with Crippen LogP contribution in [0, 0.1) is 0 Å². The Morgan fingerprint density at radius 3 is 2.77 bits per heavy atom. The van der Waals surface area contributed by atoms with Gasteiger partial charge >= 0.3 is 0 Å². The molecule has 0 unspecified atom stereocenters. The molecule has 0 spiro atoms. The van der Waals surface area contributed by atoms with Crippen LogP contribution in [-0.4, -0.2) is 52.1 Å². The van der Waals surface area contributed by atoms with E-state index in [4.69, 9.17) is 9.72 Å². The maximum Gasteiger partial charge on any atom is 0.247 e. The standard InChI is InChI=1S/C25H24N8O2/c1-3-21(34)30-18-8-5-11-27-23(18)17-7-4-6-15-12-28-25(33-22(15)17)31-19-9-10-20(32-24(19)35-2)29-16-13-26-14-16/h3-12,16,26H,1,13-14H2,2H3,(H,29,32)(H,30,34)(H,28,31,33). The average Bonchev–Trinajstić information content (AvgIpc) is 2.87. The van der Waals surface area contributed by atoms with Gasteiger partial charge in [0.15, 0.2) is 0 Å². The van der Waals surface area contributed by atoms with Crippen molar-refractivity contribution in [2.24, 2.45) is 0 Å². The van der Waals surface area contributed by atoms with E-state index in [9.17, 15) is 4.79 Å². The van der Waals surface area contributed by atoms with Crippen LogP contribution in [0.2, 0.25) is 0 Å². The summed E-state index contributed by atoms with van der Waals surface area (Å²) in [5.74, 6) is 1.23. The van der Waals surface area contributed by atoms with Crippen molar-refractivity contribution < 1.29 is 9.53 Å². The SMILES string of the molecule is C=CC(=O)Nc1cccnc1-c1cccc2cnc(Nc3ccc(NC4CNC4)nc3OC)nc12. The first kappa shape index (κ1) is 22.2. The lowest BCUT2D eigenvalue weighted by atomic mass is 10.1. The van der Waals surface area contributed by atoms with Crippen LogP contribution in [0.25, 0.3) is 22.2 Å². The number of anilines is 4. The summed E-state index contributed by atoms with van der Waals surface area (Å²) >= 11 is 0. The molecular formula is C25H24N8O2. The second-order valence-electron chi connectivity index (χ2n) is 7.91. The van der Waals surface area contributed by atoms with Crippen molar-refractivity contribution in [3.8, 4) is 17.1 Å². The van der Waals surface area contributed by atoms with E-state index in [0.717, 1.165) is 29.9 Å². The molecule has 0 bridgehead atoms. The third-order valence-electron chi connectivity index (χ3n) is 5.55. The second-order valence-corrected chi connectivity index (χ2v) is 7.91. The van der Waals surface area contributed by atoms with Crippen LogP contribution in [0.1, 0.15) is 0 Å². The number of methoxy groups -OCH3 is 1. The zero-order valence-corrected chi connectivity index (χ0v) is 19.1. The van der Waals surface area contributed by atoms with Crippen LogP contribution >= 0.6 is 0 Å². The molecule has 3 aromatic heterocycles. The van der Waals surface area contributed by atoms with E-state index < -0.39 is 0 Å². The number of nitrogens with one attached hydrogen (secondary N) is 4. The van der Waals surface area contributed by atoms with E-state index in [0.29, 0.717) is 40.5 Å². The van der Waals surface area contributed by atoms with Crippen LogP contribution in [0.4, 0.5) is 23.1 Å². The Hall–Kier alpha value is -4.57. The number of amides is 1. The topological polar surface area (TPSA) is 126 Å². The number of benzene rings is 1. The molecule has 4 N–H and O–H groups in total. The number of hydrogen-bond acceptors (Lipinski definition) is 9. The molecule has 1 amide bonds. The molecular weight excluding hydrogens is 444 g/mol. The predicted octanol–water partition coefficient (Wildman–Crippen LogP) is 3.35. The molecule has 176 valence electrons. The Morgan fingerprint density at radius 2 is 2.00 bits per heavy atom. The van der Waals surface area contributed by atoms with Crippen molar-refractivity contribution in [1.82, 2.24) is 25.3 Å². The summed E-state index contributed by atoms with van der Waals surface area (Å²) in [7, 11) is 1.57. The number of rotatable bonds is 8. The van der Waals surface area contributed by atoms with Gasteiger partial charge in [0.05, 0.1) is 30.0 Å². The number of carbonyl (C=O) groups excluding carboxylic acids is 1. The smallest absolute Gasteiger partial charge is 0.247 e. The maximum atomic E-state index is 11.9. The lowest BCUT2D eigenvalue weighted by molar-refractivity contribution is -0.111. The van der Waals surface area contributed by atoms with E-state index >= 15 is 0 Å². The van der Waals surface area contributed by atoms with Crippen LogP contribution < -0.4 is 26.0 Å². The Bertz CT molecular complexity index is 1400. The molecule has 10 heteroatoms. The quantitative estimate of drug-likeness (QED) is 0.288. The summed E-state index contributed by atoms with van der Waals surface area (Å²) in [5, 5.41) is 13.4. The van der Waals surface area contributed by atoms with Crippen molar-refractivity contribution in [3.63, 3.8) is 0 Å². The van der Waals surface area contributed by atoms with Gasteiger partial charge in [-0.2, -0.15) is 4.98 Å². The van der Waals surface area contributed by atoms with Gasteiger partial charge in [-0.05, 0) is 30.3 Å². The maximum absolute atomic E-state index is 11.9. The Kier molecular flexibility index (Phi) is 6.18. The fraction of sp³-hybridized carbons (Fsp3) is 0.160. The summed E-state index contributed by atoms with van der Waals surface area (Å²) in [6, 6.07) is 13.4. The number of carbonyl (C=O) groups is 1. The zero-order valence-electron chi connectivity index (χ0n) is 19.1. The van der Waals surface area contributed by atoms with Gasteiger partial charge in [0, 0.05) is 36.4 Å². The summed E-state index contributed by atoms with van der Waals surface area (Å²) < 4.78 is 5.49. The largest absolute Gasteiger partial charge is 0.479 e. The van der Waals surface area contributed by atoms with E-state index in [1.54, 1.807) is 31.6 Å². The van der Waals surface area contributed by atoms with Gasteiger partial charge < -0.3 is 26.0 Å². The summed E-state index contributed by atoms with van der Waals surface area (Å²) in [5.41, 5.74) is 3.23. The van der Waals surface area contributed by atoms with Crippen molar-refractivity contribution in [1.29, 1.82) is 0 Å². The molecule has 1 aliphatic heterocycles. The van der Waals surface area contributed by atoms with Gasteiger partial charge in [-0.15, -0.1) is 0 Å². The lowest BCUT2D eigenvalue weighted by Gasteiger charge is -2.28. The van der Waals surface area contributed by atoms with Crippen molar-refractivity contribution in [2.45, 2.75) is 6.04 Å². The fourth-order valence-electron chi connectivity index (χ4n) is 3.70. The van der Waals surface area contributed by atoms with Gasteiger partial charge in [-0.25, -0.2) is 9.97 Å². The highest BCUT2D eigenvalue weighted by molar-refractivity contribution is 6.03. The number of para-hydroxylation sites is 1. The first-order chi connectivity index (χ1) is 17.1. The molecule has 0 radical (unpaired) electrons. The molecule has 0 saturated carbocycles. The van der Waals surface area contributed by atoms with Crippen molar-refractivity contribution in [3.05, 3.63) is 67.5 Å². The molecule has 5 rings (SSSR count). The summed E-state index contributed by atoms with van der Waals surface area (Å²) in [4.78, 5) is 30.2. The average molecular weight is 469 g/mol. The van der Waals surface area contributed by atoms with E-state index in [1.165, 1.54) is 6.08 Å². The number of fused-ring (bicyclic) bond motifs is 1. The normalized spacial score (nSPS) is 13.1. The number of nitrogens with zero attached hydrogens (tertiary/aromatic N) is 4. The third-order valence-corrected chi connectivity index (χ3v) is 5.55. The summed E-state index contributed by atoms with van der Waals surface area (Å²) in [6.45, 7) is 5.34. The van der Waals surface area contributed by atoms with Gasteiger partial charge in [0.1, 0.15) is 11.5 Å². The molecule has 4 aromatic rings. The van der Waals surface area contributed by atoms with Gasteiger partial charge in [0.2, 0.25) is 17.7 Å². The van der Waals surface area contributed by atoms with Crippen molar-refractivity contribution in [2.75, 3.05) is 36.1 Å². The van der Waals surface area contributed by atoms with E-state index in [2.05, 4.69) is 42.8 Å². The summed E-state index contributed by atoms with van der Waals surface area (Å²) in [6.07, 6.45) is 4.62. The molecule has 1 saturated heterocycles. The number of ether oxygens (including phenoxy) is 1. The molecule has 1 aromatic carbocycles. The number of hydrogen-bond donors (Lipinski definition) is 4. The van der Waals surface area contributed by atoms with Gasteiger partial charge in [0.25, 0.3) is 0 Å². The van der Waals surface area contributed by atoms with Gasteiger partial charge in [-0.3, -0.25) is 9.78 Å². The minimum atomic E-state index is -0.317. The molecule has 0 aliphatic carbocycles. The number of pyridine rings is 2. The highest BCUT2D eigenvalue weighted by Crippen LogP contribution is 2.32. The Balaban J connectivity index is 1.49. The van der Waals surface area contributed by atoms with Crippen molar-refractivity contribution >= 4 is 40.0 Å². The lowest BCUT2D eigenvalue weighted by Crippen LogP contribution is -2.51. The van der Waals surface area contributed by atoms with Gasteiger partial charge in [-0.1, -0.05) is 24.8 Å². The third kappa shape index (κ3) is 4.73. The first-order valence-corrected chi connectivity index (χ1v) is 11.1.